The molecule has 2 aromatic heterocycles. The fraction of sp³-hybridized carbons (Fsp3) is 0.214. The summed E-state index contributed by atoms with van der Waals surface area (Å²) in [6.07, 6.45) is -0.167. The minimum absolute atomic E-state index is 0.167. The van der Waals surface area contributed by atoms with Gasteiger partial charge in [0.25, 0.3) is 6.01 Å². The van der Waals surface area contributed by atoms with Crippen LogP contribution in [0.5, 0.6) is 6.01 Å². The van der Waals surface area contributed by atoms with Crippen LogP contribution < -0.4 is 10.5 Å². The van der Waals surface area contributed by atoms with E-state index in [-0.39, 0.29) is 11.7 Å². The first-order chi connectivity index (χ1) is 18.3. The van der Waals surface area contributed by atoms with Gasteiger partial charge < -0.3 is 14.9 Å². The van der Waals surface area contributed by atoms with Crippen LogP contribution in [0.3, 0.4) is 0 Å². The average Bonchev–Trinajstić information content (AvgIpc) is 3.48. The molecule has 3 N–H and O–H groups in total. The summed E-state index contributed by atoms with van der Waals surface area (Å²) in [4.78, 5) is 30.3. The molecule has 3 aromatic carbocycles. The predicted octanol–water partition coefficient (Wildman–Crippen LogP) is 4.58. The van der Waals surface area contributed by atoms with Crippen LogP contribution in [0.2, 0.25) is 0 Å². The summed E-state index contributed by atoms with van der Waals surface area (Å²) in [5.74, 6) is -1.27. The Labute approximate surface area is 218 Å². The number of imidazole rings is 1. The van der Waals surface area contributed by atoms with Crippen LogP contribution in [0.4, 0.5) is 0 Å². The maximum absolute atomic E-state index is 11.8. The van der Waals surface area contributed by atoms with Gasteiger partial charge in [-0.05, 0) is 49.6 Å². The lowest BCUT2D eigenvalue weighted by atomic mass is 9.98. The molecule has 0 bridgehead atoms. The van der Waals surface area contributed by atoms with Gasteiger partial charge in [0.1, 0.15) is 0 Å². The quantitative estimate of drug-likeness (QED) is 0.285. The Morgan fingerprint density at radius 3 is 2.34 bits per heavy atom. The number of carbonyl (C=O) groups is 1. The number of fused-ring (bicyclic) bond motifs is 1. The van der Waals surface area contributed by atoms with Crippen LogP contribution in [0.15, 0.2) is 76.0 Å². The van der Waals surface area contributed by atoms with Gasteiger partial charge in [0, 0.05) is 11.7 Å². The molecule has 0 amide bonds. The van der Waals surface area contributed by atoms with Crippen molar-refractivity contribution in [2.24, 2.45) is 0 Å². The summed E-state index contributed by atoms with van der Waals surface area (Å²) >= 11 is 0. The molecule has 0 aliphatic heterocycles. The Hall–Kier alpha value is -4.70. The average molecular weight is 517 g/mol. The smallest absolute Gasteiger partial charge is 0.439 e. The number of benzene rings is 3. The van der Waals surface area contributed by atoms with E-state index in [1.165, 1.54) is 0 Å². The number of aromatic nitrogens is 4. The number of hydrogen-bond acceptors (Lipinski definition) is 7. The molecule has 0 fully saturated rings. The topological polar surface area (TPSA) is 143 Å². The van der Waals surface area contributed by atoms with Crippen molar-refractivity contribution in [2.45, 2.75) is 33.4 Å². The van der Waals surface area contributed by atoms with E-state index in [4.69, 9.17) is 9.84 Å². The van der Waals surface area contributed by atoms with Crippen LogP contribution >= 0.6 is 0 Å². The van der Waals surface area contributed by atoms with Gasteiger partial charge in [-0.15, -0.1) is 0 Å². The number of carboxylic acid groups (broad SMARTS) is 1. The molecular weight excluding hydrogens is 488 g/mol. The summed E-state index contributed by atoms with van der Waals surface area (Å²) in [5, 5.41) is 21.5. The van der Waals surface area contributed by atoms with E-state index in [9.17, 15) is 14.7 Å². The van der Waals surface area contributed by atoms with Crippen LogP contribution in [0.25, 0.3) is 33.5 Å². The number of H-pyrrole nitrogens is 1. The Balaban J connectivity index is 0.000000786. The van der Waals surface area contributed by atoms with Gasteiger partial charge in [-0.1, -0.05) is 59.8 Å². The molecule has 0 atom stereocenters. The molecule has 10 heteroatoms. The van der Waals surface area contributed by atoms with Gasteiger partial charge in [-0.25, -0.2) is 9.59 Å². The molecule has 0 unspecified atom stereocenters. The first-order valence-electron chi connectivity index (χ1n) is 12.1. The van der Waals surface area contributed by atoms with Crippen molar-refractivity contribution in [3.05, 3.63) is 88.4 Å². The second-order valence-electron chi connectivity index (χ2n) is 8.67. The first kappa shape index (κ1) is 26.4. The van der Waals surface area contributed by atoms with Crippen molar-refractivity contribution in [1.82, 2.24) is 19.7 Å². The number of aliphatic hydroxyl groups excluding tert-OH is 1. The fourth-order valence-electron chi connectivity index (χ4n) is 3.98. The Bertz CT molecular complexity index is 1600. The van der Waals surface area contributed by atoms with Gasteiger partial charge in [0.15, 0.2) is 5.82 Å². The Kier molecular flexibility index (Phi) is 8.03. The number of rotatable bonds is 7. The Morgan fingerprint density at radius 1 is 1.05 bits per heavy atom. The van der Waals surface area contributed by atoms with Crippen LogP contribution in [-0.2, 0) is 6.54 Å². The van der Waals surface area contributed by atoms with Gasteiger partial charge in [-0.3, -0.25) is 14.1 Å². The lowest BCUT2D eigenvalue weighted by Gasteiger charge is -2.12. The van der Waals surface area contributed by atoms with Gasteiger partial charge in [0.05, 0.1) is 29.7 Å². The van der Waals surface area contributed by atoms with Crippen molar-refractivity contribution in [1.29, 1.82) is 0 Å². The van der Waals surface area contributed by atoms with Gasteiger partial charge >= 0.3 is 11.7 Å². The monoisotopic (exact) mass is 516 g/mol. The third-order valence-electron chi connectivity index (χ3n) is 5.46. The largest absolute Gasteiger partial charge is 0.478 e. The lowest BCUT2D eigenvalue weighted by Crippen LogP contribution is -2.08. The lowest BCUT2D eigenvalue weighted by molar-refractivity contribution is 0.0698. The number of ether oxygens (including phenoxy) is 1. The molecule has 5 rings (SSSR count). The third kappa shape index (κ3) is 5.81. The molecule has 38 heavy (non-hydrogen) atoms. The minimum atomic E-state index is -1.02. The highest BCUT2D eigenvalue weighted by atomic mass is 16.5. The van der Waals surface area contributed by atoms with Crippen molar-refractivity contribution in [3.63, 3.8) is 0 Å². The normalized spacial score (nSPS) is 10.9. The summed E-state index contributed by atoms with van der Waals surface area (Å²) in [6.45, 7) is 6.09. The number of aromatic carboxylic acids is 1. The third-order valence-corrected chi connectivity index (χ3v) is 5.46. The molecule has 5 aromatic rings. The van der Waals surface area contributed by atoms with Crippen LogP contribution in [0.1, 0.15) is 36.7 Å². The zero-order chi connectivity index (χ0) is 27.2. The number of hydrogen-bond donors (Lipinski definition) is 3. The minimum Gasteiger partial charge on any atom is -0.478 e. The molecule has 0 saturated heterocycles. The van der Waals surface area contributed by atoms with Crippen LogP contribution in [0, 0.1) is 0 Å². The first-order valence-corrected chi connectivity index (χ1v) is 12.1. The molecule has 2 heterocycles. The molecular formula is C28H28N4O6. The molecule has 0 aliphatic carbocycles. The number of aromatic amines is 1. The van der Waals surface area contributed by atoms with Gasteiger partial charge in [-0.2, -0.15) is 4.98 Å². The molecule has 0 radical (unpaired) electrons. The molecule has 0 saturated carbocycles. The van der Waals surface area contributed by atoms with E-state index in [1.54, 1.807) is 36.6 Å². The SMILES string of the molecule is CC(C)O.CCOc1nc2cccc(C(=O)O)c2n1Cc1ccc(-c2ccccc2-c2noc(=O)[nH]2)cc1. The predicted molar refractivity (Wildman–Crippen MR) is 142 cm³/mol. The van der Waals surface area contributed by atoms with Crippen LogP contribution in [-0.4, -0.2) is 48.6 Å². The highest BCUT2D eigenvalue weighted by Crippen LogP contribution is 2.31. The summed E-state index contributed by atoms with van der Waals surface area (Å²) in [5.41, 5.74) is 4.74. The van der Waals surface area contributed by atoms with Gasteiger partial charge in [0.2, 0.25) is 0 Å². The zero-order valence-electron chi connectivity index (χ0n) is 21.2. The highest BCUT2D eigenvalue weighted by molar-refractivity contribution is 6.01. The van der Waals surface area contributed by atoms with E-state index in [0.29, 0.717) is 36.0 Å². The summed E-state index contributed by atoms with van der Waals surface area (Å²) in [6, 6.07) is 20.8. The summed E-state index contributed by atoms with van der Waals surface area (Å²) < 4.78 is 12.1. The molecule has 0 spiro atoms. The van der Waals surface area contributed by atoms with E-state index in [0.717, 1.165) is 22.3 Å². The van der Waals surface area contributed by atoms with Crippen molar-refractivity contribution >= 4 is 17.0 Å². The molecule has 0 aliphatic rings. The van der Waals surface area contributed by atoms with E-state index < -0.39 is 11.7 Å². The van der Waals surface area contributed by atoms with Crippen molar-refractivity contribution in [3.8, 4) is 28.5 Å². The molecule has 196 valence electrons. The Morgan fingerprint density at radius 2 is 1.74 bits per heavy atom. The maximum atomic E-state index is 11.8. The number of carboxylic acids is 1. The second kappa shape index (κ2) is 11.6. The fourth-order valence-corrected chi connectivity index (χ4v) is 3.98. The zero-order valence-corrected chi connectivity index (χ0v) is 21.2. The van der Waals surface area contributed by atoms with E-state index in [1.807, 2.05) is 55.5 Å². The number of aliphatic hydroxyl groups is 1. The van der Waals surface area contributed by atoms with E-state index in [2.05, 4.69) is 19.6 Å². The number of nitrogens with one attached hydrogen (secondary N) is 1. The summed E-state index contributed by atoms with van der Waals surface area (Å²) in [7, 11) is 0. The van der Waals surface area contributed by atoms with E-state index >= 15 is 0 Å². The van der Waals surface area contributed by atoms with Crippen molar-refractivity contribution in [2.75, 3.05) is 6.61 Å². The number of nitrogens with zero attached hydrogens (tertiary/aromatic N) is 3. The second-order valence-corrected chi connectivity index (χ2v) is 8.67. The maximum Gasteiger partial charge on any atom is 0.439 e. The molecule has 10 nitrogen and oxygen atoms in total. The standard InChI is InChI=1S/C25H20N4O5.C3H8O/c1-2-33-24-26-20-9-5-8-19(23(30)31)21(20)29(24)14-15-10-12-16(13-11-15)17-6-3-4-7-18(17)22-27-25(32)34-28-22;1-3(2)4/h3-13H,2,14H2,1H3,(H,30,31)(H,27,28,32);3-4H,1-2H3. The van der Waals surface area contributed by atoms with Crippen molar-refractivity contribution < 1.29 is 24.3 Å². The number of para-hydroxylation sites is 1. The highest BCUT2D eigenvalue weighted by Gasteiger charge is 2.19.